The van der Waals surface area contributed by atoms with E-state index in [-0.39, 0.29) is 12.1 Å². The fourth-order valence-electron chi connectivity index (χ4n) is 1.01. The molecule has 0 fully saturated rings. The van der Waals surface area contributed by atoms with Gasteiger partial charge in [0.1, 0.15) is 6.10 Å². The van der Waals surface area contributed by atoms with Crippen molar-refractivity contribution in [1.82, 2.24) is 0 Å². The van der Waals surface area contributed by atoms with Crippen LogP contribution in [0.2, 0.25) is 0 Å². The molecule has 0 bridgehead atoms. The van der Waals surface area contributed by atoms with Gasteiger partial charge in [-0.05, 0) is 25.0 Å². The lowest BCUT2D eigenvalue weighted by molar-refractivity contribution is 0.0234. The lowest BCUT2D eigenvalue weighted by Gasteiger charge is -2.16. The summed E-state index contributed by atoms with van der Waals surface area (Å²) in [7, 11) is 0. The van der Waals surface area contributed by atoms with Gasteiger partial charge in [-0.15, -0.1) is 12.6 Å². The summed E-state index contributed by atoms with van der Waals surface area (Å²) in [6.45, 7) is 5.93. The SMILES string of the molecule is CC(C)C(C)OC(=O)c1ccccc1S. The standard InChI is InChI=1S/C12H16O2S/c1-8(2)9(3)14-12(13)10-6-4-5-7-11(10)15/h4-9,15H,1-3H3. The number of thiol groups is 1. The number of benzene rings is 1. The lowest BCUT2D eigenvalue weighted by Crippen LogP contribution is -2.20. The molecule has 2 nitrogen and oxygen atoms in total. The fourth-order valence-corrected chi connectivity index (χ4v) is 1.27. The van der Waals surface area contributed by atoms with E-state index in [1.165, 1.54) is 0 Å². The van der Waals surface area contributed by atoms with Gasteiger partial charge in [-0.1, -0.05) is 26.0 Å². The van der Waals surface area contributed by atoms with E-state index < -0.39 is 0 Å². The summed E-state index contributed by atoms with van der Waals surface area (Å²) < 4.78 is 5.29. The third kappa shape index (κ3) is 3.27. The third-order valence-electron chi connectivity index (χ3n) is 2.36. The molecule has 0 aliphatic heterocycles. The van der Waals surface area contributed by atoms with Crippen LogP contribution in [-0.2, 0) is 4.74 Å². The minimum atomic E-state index is -0.304. The predicted molar refractivity (Wildman–Crippen MR) is 63.4 cm³/mol. The molecule has 1 unspecified atom stereocenters. The monoisotopic (exact) mass is 224 g/mol. The van der Waals surface area contributed by atoms with Gasteiger partial charge in [-0.2, -0.15) is 0 Å². The molecule has 1 aromatic rings. The molecule has 0 saturated carbocycles. The Kier molecular flexibility index (Phi) is 4.21. The number of rotatable bonds is 3. The van der Waals surface area contributed by atoms with Crippen LogP contribution in [0.1, 0.15) is 31.1 Å². The molecule has 3 heteroatoms. The highest BCUT2D eigenvalue weighted by atomic mass is 32.1. The molecule has 0 aromatic heterocycles. The summed E-state index contributed by atoms with van der Waals surface area (Å²) in [6, 6.07) is 7.14. The van der Waals surface area contributed by atoms with Crippen LogP contribution in [0.4, 0.5) is 0 Å². The molecule has 1 rings (SSSR count). The minimum absolute atomic E-state index is 0.0783. The van der Waals surface area contributed by atoms with Crippen LogP contribution in [0, 0.1) is 5.92 Å². The second-order valence-corrected chi connectivity index (χ2v) is 4.35. The molecule has 0 radical (unpaired) electrons. The van der Waals surface area contributed by atoms with E-state index >= 15 is 0 Å². The molecule has 0 aliphatic carbocycles. The van der Waals surface area contributed by atoms with Crippen molar-refractivity contribution in [2.75, 3.05) is 0 Å². The van der Waals surface area contributed by atoms with Crippen molar-refractivity contribution in [2.45, 2.75) is 31.8 Å². The number of hydrogen-bond acceptors (Lipinski definition) is 3. The van der Waals surface area contributed by atoms with Crippen LogP contribution in [-0.4, -0.2) is 12.1 Å². The van der Waals surface area contributed by atoms with Crippen molar-refractivity contribution in [3.05, 3.63) is 29.8 Å². The molecule has 1 atom stereocenters. The Bertz CT molecular complexity index is 347. The number of carbonyl (C=O) groups excluding carboxylic acids is 1. The van der Waals surface area contributed by atoms with Crippen molar-refractivity contribution < 1.29 is 9.53 Å². The van der Waals surface area contributed by atoms with Gasteiger partial charge in [-0.25, -0.2) is 4.79 Å². The van der Waals surface area contributed by atoms with E-state index in [2.05, 4.69) is 12.6 Å². The minimum Gasteiger partial charge on any atom is -0.459 e. The first-order chi connectivity index (χ1) is 7.02. The summed E-state index contributed by atoms with van der Waals surface area (Å²) in [5.74, 6) is 0.0165. The molecule has 1 aromatic carbocycles. The Morgan fingerprint density at radius 3 is 2.40 bits per heavy atom. The second-order valence-electron chi connectivity index (χ2n) is 3.87. The first kappa shape index (κ1) is 12.1. The zero-order chi connectivity index (χ0) is 11.4. The van der Waals surface area contributed by atoms with Crippen molar-refractivity contribution >= 4 is 18.6 Å². The largest absolute Gasteiger partial charge is 0.459 e. The number of esters is 1. The number of carbonyl (C=O) groups is 1. The van der Waals surface area contributed by atoms with Crippen LogP contribution in [0.3, 0.4) is 0 Å². The zero-order valence-corrected chi connectivity index (χ0v) is 10.1. The number of ether oxygens (including phenoxy) is 1. The van der Waals surface area contributed by atoms with Crippen molar-refractivity contribution in [2.24, 2.45) is 5.92 Å². The Morgan fingerprint density at radius 2 is 1.87 bits per heavy atom. The van der Waals surface area contributed by atoms with Gasteiger partial charge < -0.3 is 4.74 Å². The average Bonchev–Trinajstić information content (AvgIpc) is 2.18. The smallest absolute Gasteiger partial charge is 0.339 e. The Labute approximate surface area is 96.1 Å². The van der Waals surface area contributed by atoms with E-state index in [0.717, 1.165) is 0 Å². The summed E-state index contributed by atoms with van der Waals surface area (Å²) in [5.41, 5.74) is 0.522. The van der Waals surface area contributed by atoms with Gasteiger partial charge in [0.25, 0.3) is 0 Å². The summed E-state index contributed by atoms with van der Waals surface area (Å²) >= 11 is 4.21. The normalized spacial score (nSPS) is 12.6. The Balaban J connectivity index is 2.74. The summed E-state index contributed by atoms with van der Waals surface area (Å²) in [6.07, 6.45) is -0.0783. The molecule has 0 N–H and O–H groups in total. The summed E-state index contributed by atoms with van der Waals surface area (Å²) in [4.78, 5) is 12.4. The average molecular weight is 224 g/mol. The van der Waals surface area contributed by atoms with E-state index in [1.807, 2.05) is 26.8 Å². The first-order valence-electron chi connectivity index (χ1n) is 5.01. The maximum Gasteiger partial charge on any atom is 0.339 e. The predicted octanol–water partition coefficient (Wildman–Crippen LogP) is 3.18. The molecular formula is C12H16O2S. The molecule has 82 valence electrons. The Morgan fingerprint density at radius 1 is 1.27 bits per heavy atom. The fraction of sp³-hybridized carbons (Fsp3) is 0.417. The van der Waals surface area contributed by atoms with E-state index in [4.69, 9.17) is 4.74 Å². The highest BCUT2D eigenvalue weighted by molar-refractivity contribution is 7.80. The molecular weight excluding hydrogens is 208 g/mol. The van der Waals surface area contributed by atoms with Crippen LogP contribution >= 0.6 is 12.6 Å². The maximum absolute atomic E-state index is 11.7. The van der Waals surface area contributed by atoms with Crippen LogP contribution in [0.15, 0.2) is 29.2 Å². The van der Waals surface area contributed by atoms with E-state index in [9.17, 15) is 4.79 Å². The zero-order valence-electron chi connectivity index (χ0n) is 9.23. The van der Waals surface area contributed by atoms with Gasteiger partial charge in [0.05, 0.1) is 5.56 Å². The second kappa shape index (κ2) is 5.21. The molecule has 0 heterocycles. The quantitative estimate of drug-likeness (QED) is 0.630. The van der Waals surface area contributed by atoms with Crippen LogP contribution in [0.25, 0.3) is 0 Å². The van der Waals surface area contributed by atoms with Crippen molar-refractivity contribution in [3.8, 4) is 0 Å². The first-order valence-corrected chi connectivity index (χ1v) is 5.46. The molecule has 0 amide bonds. The van der Waals surface area contributed by atoms with Gasteiger partial charge >= 0.3 is 5.97 Å². The highest BCUT2D eigenvalue weighted by Gasteiger charge is 2.16. The van der Waals surface area contributed by atoms with Crippen molar-refractivity contribution in [1.29, 1.82) is 0 Å². The van der Waals surface area contributed by atoms with E-state index in [1.54, 1.807) is 18.2 Å². The van der Waals surface area contributed by atoms with Gasteiger partial charge in [-0.3, -0.25) is 0 Å². The van der Waals surface area contributed by atoms with Crippen LogP contribution < -0.4 is 0 Å². The molecule has 0 spiro atoms. The molecule has 0 aliphatic rings. The lowest BCUT2D eigenvalue weighted by atomic mass is 10.1. The van der Waals surface area contributed by atoms with Gasteiger partial charge in [0.15, 0.2) is 0 Å². The highest BCUT2D eigenvalue weighted by Crippen LogP contribution is 2.16. The molecule has 15 heavy (non-hydrogen) atoms. The van der Waals surface area contributed by atoms with Gasteiger partial charge in [0, 0.05) is 4.90 Å². The van der Waals surface area contributed by atoms with Crippen molar-refractivity contribution in [3.63, 3.8) is 0 Å². The van der Waals surface area contributed by atoms with Crippen LogP contribution in [0.5, 0.6) is 0 Å². The molecule has 0 saturated heterocycles. The van der Waals surface area contributed by atoms with E-state index in [0.29, 0.717) is 16.4 Å². The number of hydrogen-bond donors (Lipinski definition) is 1. The third-order valence-corrected chi connectivity index (χ3v) is 2.75. The summed E-state index contributed by atoms with van der Waals surface area (Å²) in [5, 5.41) is 0. The Hall–Kier alpha value is -0.960. The van der Waals surface area contributed by atoms with Gasteiger partial charge in [0.2, 0.25) is 0 Å². The topological polar surface area (TPSA) is 26.3 Å². The maximum atomic E-state index is 11.7.